The standard InChI is InChI=1S/C18H29O3PS.Na.H/c19-23(20,21)22(16-10-4-1-5-11-16,17-12-6-2-7-13-17)18-14-8-3-9-15-18;;/h1,4-5,10-11,17-18,22H,2-3,6-9,12-15H2,(H,19,20,21);;. The van der Waals surface area contributed by atoms with Crippen LogP contribution in [0.1, 0.15) is 64.2 Å². The van der Waals surface area contributed by atoms with Crippen LogP contribution >= 0.6 is 6.46 Å². The molecule has 1 aromatic carbocycles. The van der Waals surface area contributed by atoms with E-state index in [0.717, 1.165) is 56.7 Å². The summed E-state index contributed by atoms with van der Waals surface area (Å²) in [7, 11) is -4.04. The Kier molecular flexibility index (Phi) is 7.80. The first-order valence-electron chi connectivity index (χ1n) is 9.09. The molecule has 2 saturated carbocycles. The fraction of sp³-hybridized carbons (Fsp3) is 0.667. The molecule has 1 aromatic rings. The zero-order valence-electron chi connectivity index (χ0n) is 13.8. The molecule has 0 spiro atoms. The van der Waals surface area contributed by atoms with Gasteiger partial charge in [-0.1, -0.05) is 0 Å². The Morgan fingerprint density at radius 1 is 0.792 bits per heavy atom. The Hall–Kier alpha value is 0.560. The van der Waals surface area contributed by atoms with Crippen molar-refractivity contribution in [1.82, 2.24) is 0 Å². The van der Waals surface area contributed by atoms with Crippen LogP contribution < -0.4 is 5.30 Å². The molecule has 0 aromatic heterocycles. The average molecular weight is 380 g/mol. The third-order valence-corrected chi connectivity index (χ3v) is 17.0. The van der Waals surface area contributed by atoms with Crippen LogP contribution in [0.25, 0.3) is 0 Å². The third kappa shape index (κ3) is 3.94. The van der Waals surface area contributed by atoms with Crippen LogP contribution in [-0.4, -0.2) is 53.8 Å². The van der Waals surface area contributed by atoms with Crippen LogP contribution in [0.4, 0.5) is 0 Å². The van der Waals surface area contributed by atoms with Crippen LogP contribution in [0.3, 0.4) is 0 Å². The molecule has 3 rings (SSSR count). The fourth-order valence-electron chi connectivity index (χ4n) is 5.14. The van der Waals surface area contributed by atoms with Gasteiger partial charge in [-0.25, -0.2) is 0 Å². The van der Waals surface area contributed by atoms with Gasteiger partial charge in [-0.2, -0.15) is 0 Å². The van der Waals surface area contributed by atoms with Gasteiger partial charge in [0.15, 0.2) is 0 Å². The molecule has 2 aliphatic rings. The molecular formula is C18H30NaO3PS. The summed E-state index contributed by atoms with van der Waals surface area (Å²) in [6.45, 7) is -3.04. The molecule has 6 heteroatoms. The van der Waals surface area contributed by atoms with E-state index in [0.29, 0.717) is 0 Å². The zero-order chi connectivity index (χ0) is 16.3. The summed E-state index contributed by atoms with van der Waals surface area (Å²) in [6, 6.07) is 9.77. The fourth-order valence-corrected chi connectivity index (χ4v) is 16.4. The Morgan fingerprint density at radius 3 is 1.58 bits per heavy atom. The molecule has 132 valence electrons. The van der Waals surface area contributed by atoms with Crippen molar-refractivity contribution in [3.8, 4) is 0 Å². The molecule has 2 fully saturated rings. The van der Waals surface area contributed by atoms with Crippen LogP contribution in [0, 0.1) is 0 Å². The molecule has 0 radical (unpaired) electrons. The third-order valence-electron chi connectivity index (χ3n) is 6.08. The van der Waals surface area contributed by atoms with Crippen molar-refractivity contribution in [1.29, 1.82) is 0 Å². The molecule has 3 nitrogen and oxygen atoms in total. The first kappa shape index (κ1) is 20.9. The van der Waals surface area contributed by atoms with E-state index in [1.54, 1.807) is 0 Å². The SMILES string of the molecule is O=S(=O)(O)[PH](c1ccccc1)(C1CCCCC1)C1CCCCC1.[NaH]. The topological polar surface area (TPSA) is 54.4 Å². The molecular weight excluding hydrogens is 350 g/mol. The molecule has 1 N–H and O–H groups in total. The van der Waals surface area contributed by atoms with E-state index in [2.05, 4.69) is 0 Å². The van der Waals surface area contributed by atoms with E-state index in [9.17, 15) is 13.0 Å². The van der Waals surface area contributed by atoms with Gasteiger partial charge in [-0.15, -0.1) is 0 Å². The Balaban J connectivity index is 0.00000208. The minimum atomic E-state index is -4.04. The van der Waals surface area contributed by atoms with Crippen molar-refractivity contribution in [2.75, 3.05) is 0 Å². The predicted octanol–water partition coefficient (Wildman–Crippen LogP) is 3.88. The van der Waals surface area contributed by atoms with Crippen LogP contribution in [0.2, 0.25) is 0 Å². The van der Waals surface area contributed by atoms with Crippen molar-refractivity contribution in [3.05, 3.63) is 30.3 Å². The number of rotatable bonds is 4. The monoisotopic (exact) mass is 380 g/mol. The second-order valence-corrected chi connectivity index (χ2v) is 15.6. The zero-order valence-corrected chi connectivity index (χ0v) is 15.6. The molecule has 0 heterocycles. The Bertz CT molecular complexity index is 590. The molecule has 24 heavy (non-hydrogen) atoms. The molecule has 0 aliphatic heterocycles. The van der Waals surface area contributed by atoms with E-state index >= 15 is 0 Å². The summed E-state index contributed by atoms with van der Waals surface area (Å²) in [4.78, 5) is 0. The van der Waals surface area contributed by atoms with Crippen LogP contribution in [0.5, 0.6) is 0 Å². The predicted molar refractivity (Wildman–Crippen MR) is 107 cm³/mol. The molecule has 2 aliphatic carbocycles. The number of hydrogen-bond donors (Lipinski definition) is 1. The van der Waals surface area contributed by atoms with Gasteiger partial charge in [0, 0.05) is 0 Å². The molecule has 0 bridgehead atoms. The van der Waals surface area contributed by atoms with Gasteiger partial charge < -0.3 is 0 Å². The molecule has 0 atom stereocenters. The van der Waals surface area contributed by atoms with Crippen LogP contribution in [-0.2, 0) is 9.74 Å². The molecule has 0 saturated heterocycles. The normalized spacial score (nSPS) is 21.9. The minimum absolute atomic E-state index is 0. The van der Waals surface area contributed by atoms with Gasteiger partial charge in [-0.05, 0) is 0 Å². The summed E-state index contributed by atoms with van der Waals surface area (Å²) in [6.07, 6.45) is 10.7. The second kappa shape index (κ2) is 8.97. The average Bonchev–Trinajstić information content (AvgIpc) is 2.57. The van der Waals surface area contributed by atoms with Gasteiger partial charge in [0.1, 0.15) is 0 Å². The van der Waals surface area contributed by atoms with Gasteiger partial charge >= 0.3 is 170 Å². The van der Waals surface area contributed by atoms with Crippen molar-refractivity contribution in [2.45, 2.75) is 75.5 Å². The molecule has 0 unspecified atom stereocenters. The van der Waals surface area contributed by atoms with Crippen LogP contribution in [0.15, 0.2) is 30.3 Å². The van der Waals surface area contributed by atoms with E-state index in [4.69, 9.17) is 0 Å². The first-order chi connectivity index (χ1) is 11.1. The Labute approximate surface area is 169 Å². The first-order valence-corrected chi connectivity index (χ1v) is 13.4. The van der Waals surface area contributed by atoms with Gasteiger partial charge in [0.25, 0.3) is 0 Å². The summed E-state index contributed by atoms with van der Waals surface area (Å²) in [5.41, 5.74) is 0.355. The van der Waals surface area contributed by atoms with Gasteiger partial charge in [-0.3, -0.25) is 0 Å². The Morgan fingerprint density at radius 2 is 1.21 bits per heavy atom. The summed E-state index contributed by atoms with van der Waals surface area (Å²) in [5, 5.41) is 0.946. The van der Waals surface area contributed by atoms with Gasteiger partial charge in [0.05, 0.1) is 0 Å². The van der Waals surface area contributed by atoms with E-state index in [1.807, 2.05) is 30.3 Å². The molecule has 0 amide bonds. The second-order valence-electron chi connectivity index (χ2n) is 7.30. The quantitative estimate of drug-likeness (QED) is 0.490. The van der Waals surface area contributed by atoms with Crippen molar-refractivity contribution < 1.29 is 13.0 Å². The van der Waals surface area contributed by atoms with Gasteiger partial charge in [0.2, 0.25) is 0 Å². The summed E-state index contributed by atoms with van der Waals surface area (Å²) >= 11 is 0. The van der Waals surface area contributed by atoms with E-state index in [-0.39, 0.29) is 40.9 Å². The number of hydrogen-bond acceptors (Lipinski definition) is 2. The van der Waals surface area contributed by atoms with E-state index < -0.39 is 16.2 Å². The van der Waals surface area contributed by atoms with E-state index in [1.165, 1.54) is 12.8 Å². The van der Waals surface area contributed by atoms with Crippen molar-refractivity contribution in [2.24, 2.45) is 0 Å². The summed E-state index contributed by atoms with van der Waals surface area (Å²) in [5.74, 6) is 0. The maximum atomic E-state index is 12.9. The number of benzene rings is 1. The van der Waals surface area contributed by atoms with Crippen molar-refractivity contribution in [3.63, 3.8) is 0 Å². The maximum absolute atomic E-state index is 12.9. The summed E-state index contributed by atoms with van der Waals surface area (Å²) < 4.78 is 36.3. The van der Waals surface area contributed by atoms with Crippen molar-refractivity contribution >= 4 is 51.1 Å².